The second-order valence-electron chi connectivity index (χ2n) is 6.32. The van der Waals surface area contributed by atoms with Crippen molar-refractivity contribution < 1.29 is 19.4 Å². The topological polar surface area (TPSA) is 63.6 Å². The predicted molar refractivity (Wildman–Crippen MR) is 110 cm³/mol. The number of ether oxygens (including phenoxy) is 1. The molecule has 0 radical (unpaired) electrons. The summed E-state index contributed by atoms with van der Waals surface area (Å²) in [4.78, 5) is 24.4. The minimum Gasteiger partial charge on any atom is -0.481 e. The number of carbonyl (C=O) groups excluding carboxylic acids is 1. The molecule has 2 heterocycles. The smallest absolute Gasteiger partial charge is 0.309 e. The molecule has 0 aliphatic heterocycles. The van der Waals surface area contributed by atoms with Crippen molar-refractivity contribution in [2.24, 2.45) is 11.8 Å². The lowest BCUT2D eigenvalue weighted by atomic mass is 10.3. The largest absolute Gasteiger partial charge is 0.481 e. The lowest BCUT2D eigenvalue weighted by Crippen LogP contribution is -2.06. The molecule has 0 spiro atoms. The molecule has 0 unspecified atom stereocenters. The molecule has 4 rings (SSSR count). The molecule has 1 N–H and O–H groups in total. The fourth-order valence-electron chi connectivity index (χ4n) is 2.85. The first-order valence-electron chi connectivity index (χ1n) is 8.28. The van der Waals surface area contributed by atoms with Crippen LogP contribution >= 0.6 is 54.5 Å². The molecular weight excluding hydrogens is 504 g/mol. The molecule has 2 aliphatic carbocycles. The Hall–Kier alpha value is -0.700. The molecular formula is C18H18Br2O4S2. The molecule has 26 heavy (non-hydrogen) atoms. The number of halogens is 2. The lowest BCUT2D eigenvalue weighted by molar-refractivity contribution is -0.144. The van der Waals surface area contributed by atoms with Crippen LogP contribution in [0.4, 0.5) is 0 Å². The van der Waals surface area contributed by atoms with E-state index in [1.165, 1.54) is 9.75 Å². The standard InChI is InChI=1S/C10H11BrO2S.C8H7BrO2S/c1-2-13-10(12)8-4-7(8)9-3-6(11)5-14-9;9-4-1-7(12-3-4)5-2-6(5)8(10)11/h3,5,7-8H,2,4H2,1H3;1,3,5-6H,2H2,(H,10,11)/t7-,8-;5-,6-/m11/s1. The van der Waals surface area contributed by atoms with E-state index in [4.69, 9.17) is 9.84 Å². The molecule has 140 valence electrons. The van der Waals surface area contributed by atoms with Gasteiger partial charge in [0.05, 0.1) is 18.4 Å². The van der Waals surface area contributed by atoms with Crippen molar-refractivity contribution in [3.05, 3.63) is 41.6 Å². The maximum absolute atomic E-state index is 11.4. The molecule has 2 saturated carbocycles. The fraction of sp³-hybridized carbons (Fsp3) is 0.444. The predicted octanol–water partition coefficient (Wildman–Crippen LogP) is 5.88. The average molecular weight is 522 g/mol. The van der Waals surface area contributed by atoms with E-state index in [-0.39, 0.29) is 23.7 Å². The minimum atomic E-state index is -0.662. The Morgan fingerprint density at radius 3 is 1.96 bits per heavy atom. The van der Waals surface area contributed by atoms with Gasteiger partial charge in [-0.3, -0.25) is 9.59 Å². The number of esters is 1. The van der Waals surface area contributed by atoms with E-state index in [0.717, 1.165) is 21.8 Å². The molecule has 2 fully saturated rings. The van der Waals surface area contributed by atoms with E-state index >= 15 is 0 Å². The van der Waals surface area contributed by atoms with Gasteiger partial charge in [-0.1, -0.05) is 0 Å². The molecule has 2 aromatic heterocycles. The SMILES string of the molecule is CCOC(=O)[C@@H]1C[C@H]1c1cc(Br)cs1.O=C(O)[C@@H]1C[C@H]1c1cc(Br)cs1. The van der Waals surface area contributed by atoms with Crippen LogP contribution in [0.25, 0.3) is 0 Å². The van der Waals surface area contributed by atoms with Gasteiger partial charge in [0.15, 0.2) is 0 Å². The fourth-order valence-corrected chi connectivity index (χ4v) is 6.10. The summed E-state index contributed by atoms with van der Waals surface area (Å²) in [5, 5.41) is 12.7. The van der Waals surface area contributed by atoms with E-state index in [9.17, 15) is 9.59 Å². The van der Waals surface area contributed by atoms with Gasteiger partial charge in [0.25, 0.3) is 0 Å². The quantitative estimate of drug-likeness (QED) is 0.499. The van der Waals surface area contributed by atoms with Gasteiger partial charge in [-0.05, 0) is 63.8 Å². The van der Waals surface area contributed by atoms with Crippen molar-refractivity contribution >= 4 is 66.5 Å². The number of thiophene rings is 2. The highest BCUT2D eigenvalue weighted by Gasteiger charge is 2.46. The summed E-state index contributed by atoms with van der Waals surface area (Å²) in [7, 11) is 0. The van der Waals surface area contributed by atoms with Crippen molar-refractivity contribution in [2.45, 2.75) is 31.6 Å². The zero-order chi connectivity index (χ0) is 18.8. The monoisotopic (exact) mass is 520 g/mol. The van der Waals surface area contributed by atoms with Crippen LogP contribution in [-0.2, 0) is 14.3 Å². The molecule has 0 aromatic carbocycles. The van der Waals surface area contributed by atoms with E-state index in [0.29, 0.717) is 12.5 Å². The van der Waals surface area contributed by atoms with Gasteiger partial charge in [-0.15, -0.1) is 22.7 Å². The molecule has 8 heteroatoms. The first-order valence-corrected chi connectivity index (χ1v) is 11.6. The Labute approximate surface area is 176 Å². The Bertz CT molecular complexity index is 801. The van der Waals surface area contributed by atoms with E-state index in [1.54, 1.807) is 22.7 Å². The van der Waals surface area contributed by atoms with Crippen molar-refractivity contribution in [3.63, 3.8) is 0 Å². The van der Waals surface area contributed by atoms with Crippen molar-refractivity contribution in [1.82, 2.24) is 0 Å². The summed E-state index contributed by atoms with van der Waals surface area (Å²) in [6.45, 7) is 2.33. The zero-order valence-corrected chi connectivity index (χ0v) is 18.8. The number of carboxylic acid groups (broad SMARTS) is 1. The van der Waals surface area contributed by atoms with Gasteiger partial charge >= 0.3 is 11.9 Å². The van der Waals surface area contributed by atoms with Crippen LogP contribution in [0.1, 0.15) is 41.4 Å². The number of rotatable bonds is 5. The maximum Gasteiger partial charge on any atom is 0.309 e. The van der Waals surface area contributed by atoms with Gasteiger partial charge < -0.3 is 9.84 Å². The van der Waals surface area contributed by atoms with Gasteiger partial charge in [-0.25, -0.2) is 0 Å². The number of hydrogen-bond acceptors (Lipinski definition) is 5. The Kier molecular flexibility index (Phi) is 6.59. The van der Waals surface area contributed by atoms with Crippen LogP contribution in [0.15, 0.2) is 31.8 Å². The van der Waals surface area contributed by atoms with Gasteiger partial charge in [-0.2, -0.15) is 0 Å². The highest BCUT2D eigenvalue weighted by molar-refractivity contribution is 9.10. The van der Waals surface area contributed by atoms with Crippen LogP contribution in [0.2, 0.25) is 0 Å². The number of carboxylic acids is 1. The van der Waals surface area contributed by atoms with Crippen LogP contribution in [-0.4, -0.2) is 23.7 Å². The highest BCUT2D eigenvalue weighted by atomic mass is 79.9. The normalized spacial score (nSPS) is 25.8. The van der Waals surface area contributed by atoms with Crippen molar-refractivity contribution in [2.75, 3.05) is 6.61 Å². The second-order valence-corrected chi connectivity index (χ2v) is 10.0. The number of hydrogen-bond donors (Lipinski definition) is 1. The third kappa shape index (κ3) is 4.97. The second kappa shape index (κ2) is 8.54. The lowest BCUT2D eigenvalue weighted by Gasteiger charge is -1.98. The van der Waals surface area contributed by atoms with E-state index in [2.05, 4.69) is 43.3 Å². The van der Waals surface area contributed by atoms with Crippen molar-refractivity contribution in [3.8, 4) is 0 Å². The maximum atomic E-state index is 11.4. The summed E-state index contributed by atoms with van der Waals surface area (Å²) in [5.74, 6) is -0.0354. The summed E-state index contributed by atoms with van der Waals surface area (Å²) in [6.07, 6.45) is 1.76. The van der Waals surface area contributed by atoms with Crippen LogP contribution in [0.3, 0.4) is 0 Å². The molecule has 0 saturated heterocycles. The first kappa shape index (κ1) is 20.0. The van der Waals surface area contributed by atoms with Crippen LogP contribution < -0.4 is 0 Å². The Balaban J connectivity index is 0.000000152. The average Bonchev–Trinajstić information content (AvgIpc) is 3.48. The van der Waals surface area contributed by atoms with E-state index in [1.807, 2.05) is 18.4 Å². The van der Waals surface area contributed by atoms with E-state index < -0.39 is 5.97 Å². The van der Waals surface area contributed by atoms with Crippen LogP contribution in [0.5, 0.6) is 0 Å². The molecule has 0 amide bonds. The molecule has 2 aliphatic rings. The number of carbonyl (C=O) groups is 2. The minimum absolute atomic E-state index is 0.0398. The highest BCUT2D eigenvalue weighted by Crippen LogP contribution is 2.51. The molecule has 4 nitrogen and oxygen atoms in total. The number of aliphatic carboxylic acids is 1. The zero-order valence-electron chi connectivity index (χ0n) is 14.0. The molecule has 2 aromatic rings. The molecule has 0 bridgehead atoms. The Morgan fingerprint density at radius 1 is 1.08 bits per heavy atom. The van der Waals surface area contributed by atoms with Gasteiger partial charge in [0.1, 0.15) is 0 Å². The summed E-state index contributed by atoms with van der Waals surface area (Å²) in [6, 6.07) is 4.10. The van der Waals surface area contributed by atoms with Crippen LogP contribution in [0, 0.1) is 11.8 Å². The van der Waals surface area contributed by atoms with Crippen molar-refractivity contribution in [1.29, 1.82) is 0 Å². The first-order chi connectivity index (χ1) is 12.4. The van der Waals surface area contributed by atoms with Gasteiger partial charge in [0, 0.05) is 41.3 Å². The summed E-state index contributed by atoms with van der Waals surface area (Å²) < 4.78 is 7.14. The summed E-state index contributed by atoms with van der Waals surface area (Å²) in [5.41, 5.74) is 0. The molecule has 4 atom stereocenters. The van der Waals surface area contributed by atoms with Gasteiger partial charge in [0.2, 0.25) is 0 Å². The Morgan fingerprint density at radius 2 is 1.58 bits per heavy atom. The third-order valence-electron chi connectivity index (χ3n) is 4.39. The summed E-state index contributed by atoms with van der Waals surface area (Å²) >= 11 is 10.1. The third-order valence-corrected chi connectivity index (χ3v) is 8.04.